The van der Waals surface area contributed by atoms with Gasteiger partial charge in [-0.25, -0.2) is 19.9 Å². The summed E-state index contributed by atoms with van der Waals surface area (Å²) in [4.78, 5) is 42.3. The number of rotatable bonds is 16. The molecule has 2 heterocycles. The highest BCUT2D eigenvalue weighted by Gasteiger charge is 2.09. The summed E-state index contributed by atoms with van der Waals surface area (Å²) in [6, 6.07) is 10.5. The number of carbonyl (C=O) groups excluding carboxylic acids is 2. The Labute approximate surface area is 221 Å². The summed E-state index contributed by atoms with van der Waals surface area (Å²) in [7, 11) is 3.65. The minimum atomic E-state index is -0.640. The fourth-order valence-corrected chi connectivity index (χ4v) is 3.30. The number of carbonyl (C=O) groups is 2. The third-order valence-electron chi connectivity index (χ3n) is 5.29. The fraction of sp³-hybridized carbons (Fsp3) is 0.360. The predicted octanol–water partition coefficient (Wildman–Crippen LogP) is 1.03. The average Bonchev–Trinajstić information content (AvgIpc) is 2.94. The van der Waals surface area contributed by atoms with Gasteiger partial charge in [-0.15, -0.1) is 0 Å². The summed E-state index contributed by atoms with van der Waals surface area (Å²) in [6.45, 7) is 3.46. The zero-order valence-electron chi connectivity index (χ0n) is 21.5. The highest BCUT2D eigenvalue weighted by Crippen LogP contribution is 2.25. The van der Waals surface area contributed by atoms with E-state index >= 15 is 0 Å². The number of nitrogens with two attached hydrogens (primary N) is 1. The first kappa shape index (κ1) is 28.1. The van der Waals surface area contributed by atoms with Crippen LogP contribution in [0, 0.1) is 0 Å². The molecule has 0 aliphatic heterocycles. The number of likely N-dealkylation sites (N-methyl/N-ethyl adjacent to an activating group) is 1. The standard InChI is InChI=1S/C25H33N9O4/c1-34(16-17-38-21-7-4-3-6-20(21)37-2)15-5-10-28-24-30-12-9-19(33-24)23(36)27-13-14-31-25-29-11-8-18(32-25)22(26)35/h3-4,6-9,11-12H,5,10,13-17H2,1-2H3,(H2,26,35)(H,27,36)(H,28,30,33)(H,29,31,32). The number of methoxy groups -OCH3 is 1. The van der Waals surface area contributed by atoms with E-state index in [1.807, 2.05) is 31.3 Å². The molecule has 0 aliphatic carbocycles. The minimum Gasteiger partial charge on any atom is -0.493 e. The van der Waals surface area contributed by atoms with Gasteiger partial charge < -0.3 is 36.1 Å². The van der Waals surface area contributed by atoms with Gasteiger partial charge in [0, 0.05) is 38.6 Å². The van der Waals surface area contributed by atoms with Gasteiger partial charge in [-0.2, -0.15) is 0 Å². The molecular formula is C25H33N9O4. The van der Waals surface area contributed by atoms with Crippen molar-refractivity contribution < 1.29 is 19.1 Å². The molecule has 2 aromatic heterocycles. The van der Waals surface area contributed by atoms with Crippen molar-refractivity contribution in [2.75, 3.05) is 64.1 Å². The molecule has 5 N–H and O–H groups in total. The monoisotopic (exact) mass is 523 g/mol. The van der Waals surface area contributed by atoms with Gasteiger partial charge in [-0.3, -0.25) is 9.59 Å². The highest BCUT2D eigenvalue weighted by atomic mass is 16.5. The number of primary amides is 1. The van der Waals surface area contributed by atoms with E-state index in [4.69, 9.17) is 15.2 Å². The molecule has 202 valence electrons. The van der Waals surface area contributed by atoms with Crippen LogP contribution in [-0.2, 0) is 0 Å². The number of aromatic nitrogens is 4. The topological polar surface area (TPSA) is 170 Å². The molecule has 0 atom stereocenters. The fourth-order valence-electron chi connectivity index (χ4n) is 3.30. The second-order valence-electron chi connectivity index (χ2n) is 8.16. The summed E-state index contributed by atoms with van der Waals surface area (Å²) < 4.78 is 11.1. The van der Waals surface area contributed by atoms with Crippen LogP contribution in [0.25, 0.3) is 0 Å². The Balaban J connectivity index is 1.32. The molecule has 0 saturated heterocycles. The van der Waals surface area contributed by atoms with E-state index in [1.165, 1.54) is 18.5 Å². The summed E-state index contributed by atoms with van der Waals surface area (Å²) in [5.74, 6) is 1.10. The van der Waals surface area contributed by atoms with Gasteiger partial charge in [0.2, 0.25) is 11.9 Å². The number of benzene rings is 1. The number of nitrogens with zero attached hydrogens (tertiary/aromatic N) is 5. The largest absolute Gasteiger partial charge is 0.493 e. The molecule has 2 amide bonds. The van der Waals surface area contributed by atoms with Crippen molar-refractivity contribution in [2.45, 2.75) is 6.42 Å². The summed E-state index contributed by atoms with van der Waals surface area (Å²) in [5.41, 5.74) is 5.57. The zero-order chi connectivity index (χ0) is 27.2. The van der Waals surface area contributed by atoms with Gasteiger partial charge in [0.15, 0.2) is 11.5 Å². The Bertz CT molecular complexity index is 1190. The molecule has 13 heteroatoms. The summed E-state index contributed by atoms with van der Waals surface area (Å²) >= 11 is 0. The molecule has 0 radical (unpaired) electrons. The van der Waals surface area contributed by atoms with E-state index in [2.05, 4.69) is 40.8 Å². The van der Waals surface area contributed by atoms with E-state index in [0.29, 0.717) is 37.9 Å². The van der Waals surface area contributed by atoms with Crippen LogP contribution >= 0.6 is 0 Å². The van der Waals surface area contributed by atoms with E-state index < -0.39 is 5.91 Å². The van der Waals surface area contributed by atoms with Gasteiger partial charge in [-0.1, -0.05) is 12.1 Å². The Kier molecular flexibility index (Phi) is 11.0. The van der Waals surface area contributed by atoms with E-state index in [-0.39, 0.29) is 23.2 Å². The van der Waals surface area contributed by atoms with Crippen molar-refractivity contribution >= 4 is 23.7 Å². The lowest BCUT2D eigenvalue weighted by Crippen LogP contribution is -2.30. The quantitative estimate of drug-likeness (QED) is 0.198. The Morgan fingerprint density at radius 3 is 2.26 bits per heavy atom. The molecule has 1 aromatic carbocycles. The van der Waals surface area contributed by atoms with Gasteiger partial charge in [0.25, 0.3) is 11.8 Å². The van der Waals surface area contributed by atoms with Crippen LogP contribution in [0.4, 0.5) is 11.9 Å². The van der Waals surface area contributed by atoms with Gasteiger partial charge in [0.05, 0.1) is 7.11 Å². The van der Waals surface area contributed by atoms with Crippen LogP contribution < -0.4 is 31.2 Å². The van der Waals surface area contributed by atoms with Gasteiger partial charge >= 0.3 is 0 Å². The first-order chi connectivity index (χ1) is 18.5. The number of hydrogen-bond donors (Lipinski definition) is 4. The summed E-state index contributed by atoms with van der Waals surface area (Å²) in [5, 5.41) is 8.83. The maximum Gasteiger partial charge on any atom is 0.270 e. The smallest absolute Gasteiger partial charge is 0.270 e. The van der Waals surface area contributed by atoms with Gasteiger partial charge in [-0.05, 0) is 44.3 Å². The molecule has 0 unspecified atom stereocenters. The maximum absolute atomic E-state index is 12.4. The third-order valence-corrected chi connectivity index (χ3v) is 5.29. The molecule has 0 spiro atoms. The number of hydrogen-bond acceptors (Lipinski definition) is 11. The van der Waals surface area contributed by atoms with Crippen molar-refractivity contribution in [3.8, 4) is 11.5 Å². The van der Waals surface area contributed by atoms with E-state index in [1.54, 1.807) is 13.2 Å². The third kappa shape index (κ3) is 9.17. The molecule has 3 aromatic rings. The lowest BCUT2D eigenvalue weighted by molar-refractivity contribution is 0.0949. The van der Waals surface area contributed by atoms with Crippen LogP contribution in [0.3, 0.4) is 0 Å². The molecule has 0 saturated carbocycles. The van der Waals surface area contributed by atoms with E-state index in [0.717, 1.165) is 25.3 Å². The zero-order valence-corrected chi connectivity index (χ0v) is 21.5. The second-order valence-corrected chi connectivity index (χ2v) is 8.16. The molecule has 13 nitrogen and oxygen atoms in total. The lowest BCUT2D eigenvalue weighted by Gasteiger charge is -2.17. The molecule has 0 fully saturated rings. The highest BCUT2D eigenvalue weighted by molar-refractivity contribution is 5.92. The maximum atomic E-state index is 12.4. The SMILES string of the molecule is COc1ccccc1OCCN(C)CCCNc1nccc(C(=O)NCCNc2nccc(C(N)=O)n2)n1. The van der Waals surface area contributed by atoms with E-state index in [9.17, 15) is 9.59 Å². The van der Waals surface area contributed by atoms with Gasteiger partial charge in [0.1, 0.15) is 18.0 Å². The van der Waals surface area contributed by atoms with Crippen LogP contribution in [0.2, 0.25) is 0 Å². The first-order valence-corrected chi connectivity index (χ1v) is 12.1. The normalized spacial score (nSPS) is 10.6. The van der Waals surface area contributed by atoms with Crippen LogP contribution in [0.5, 0.6) is 11.5 Å². The summed E-state index contributed by atoms with van der Waals surface area (Å²) in [6.07, 6.45) is 3.82. The van der Waals surface area contributed by atoms with Crippen molar-refractivity contribution in [3.05, 3.63) is 60.2 Å². The number of anilines is 2. The van der Waals surface area contributed by atoms with Crippen LogP contribution in [0.15, 0.2) is 48.8 Å². The average molecular weight is 524 g/mol. The lowest BCUT2D eigenvalue weighted by atomic mass is 10.3. The first-order valence-electron chi connectivity index (χ1n) is 12.1. The second kappa shape index (κ2) is 14.9. The molecule has 0 bridgehead atoms. The van der Waals surface area contributed by atoms with Crippen molar-refractivity contribution in [2.24, 2.45) is 5.73 Å². The number of nitrogens with one attached hydrogen (secondary N) is 3. The van der Waals surface area contributed by atoms with Crippen molar-refractivity contribution in [1.29, 1.82) is 0 Å². The van der Waals surface area contributed by atoms with Crippen molar-refractivity contribution in [3.63, 3.8) is 0 Å². The Morgan fingerprint density at radius 2 is 1.55 bits per heavy atom. The number of para-hydroxylation sites is 2. The van der Waals surface area contributed by atoms with Crippen LogP contribution in [-0.4, -0.2) is 90.1 Å². The minimum absolute atomic E-state index is 0.109. The Hall–Kier alpha value is -4.52. The van der Waals surface area contributed by atoms with Crippen molar-refractivity contribution in [1.82, 2.24) is 30.2 Å². The molecule has 38 heavy (non-hydrogen) atoms. The number of ether oxygens (including phenoxy) is 2. The number of amides is 2. The molecular weight excluding hydrogens is 490 g/mol. The van der Waals surface area contributed by atoms with Crippen LogP contribution in [0.1, 0.15) is 27.4 Å². The molecule has 0 aliphatic rings. The Morgan fingerprint density at radius 1 is 0.895 bits per heavy atom. The predicted molar refractivity (Wildman–Crippen MR) is 142 cm³/mol. The molecule has 3 rings (SSSR count).